The third-order valence-corrected chi connectivity index (χ3v) is 11.1. The minimum atomic E-state index is -1.53. The number of carbonyl (C=O) groups is 2. The lowest BCUT2D eigenvalue weighted by atomic mass is 9.76. The fourth-order valence-electron chi connectivity index (χ4n) is 6.79. The van der Waals surface area contributed by atoms with Crippen LogP contribution in [0.2, 0.25) is 0 Å². The molecule has 11 nitrogen and oxygen atoms in total. The summed E-state index contributed by atoms with van der Waals surface area (Å²) in [4.78, 5) is 35.6. The van der Waals surface area contributed by atoms with Crippen molar-refractivity contribution < 1.29 is 19.1 Å². The van der Waals surface area contributed by atoms with Gasteiger partial charge in [-0.1, -0.05) is 90.4 Å². The number of urea groups is 1. The van der Waals surface area contributed by atoms with Gasteiger partial charge in [0.05, 0.1) is 11.4 Å². The van der Waals surface area contributed by atoms with Crippen LogP contribution in [0.4, 0.5) is 16.2 Å². The molecule has 2 aliphatic rings. The number of hydrogen-bond acceptors (Lipinski definition) is 7. The molecule has 4 aromatic rings. The third-order valence-electron chi connectivity index (χ3n) is 11.1. The molecule has 2 aliphatic heterocycles. The Morgan fingerprint density at radius 2 is 1.70 bits per heavy atom. The summed E-state index contributed by atoms with van der Waals surface area (Å²) in [5, 5.41) is 15.5. The van der Waals surface area contributed by atoms with Crippen molar-refractivity contribution in [3.63, 3.8) is 0 Å². The standard InChI is InChI=1S/C42H53N7O4/c1-12-40(8,9)30-19-21-34(31(23-30)41(10,11)13-2)52-28(6)37(50)43-24-27(5)36-45-38-42(29(7)46-49(38)47-36)48(33-20-18-25(3)22-26(33)4)39(51)44-32-16-14-15-17-35(32)53-42/h14-23,27-28H,12-13,24H2,1-11H3,(H,43,50)(H,44,51). The molecular formula is C42H53N7O4. The van der Waals surface area contributed by atoms with E-state index in [9.17, 15) is 9.59 Å². The highest BCUT2D eigenvalue weighted by Gasteiger charge is 2.57. The van der Waals surface area contributed by atoms with Crippen molar-refractivity contribution in [1.29, 1.82) is 0 Å². The number of para-hydroxylation sites is 2. The Balaban J connectivity index is 1.25. The smallest absolute Gasteiger partial charge is 0.330 e. The number of nitrogens with zero attached hydrogens (tertiary/aromatic N) is 5. The van der Waals surface area contributed by atoms with E-state index in [4.69, 9.17) is 24.7 Å². The van der Waals surface area contributed by atoms with Crippen LogP contribution in [0.1, 0.15) is 115 Å². The Morgan fingerprint density at radius 1 is 0.981 bits per heavy atom. The predicted octanol–water partition coefficient (Wildman–Crippen LogP) is 8.48. The second-order valence-electron chi connectivity index (χ2n) is 15.8. The van der Waals surface area contributed by atoms with Gasteiger partial charge in [-0.05, 0) is 86.8 Å². The van der Waals surface area contributed by atoms with Crippen LogP contribution in [0, 0.1) is 13.8 Å². The number of rotatable bonds is 11. The van der Waals surface area contributed by atoms with Gasteiger partial charge < -0.3 is 20.1 Å². The maximum atomic E-state index is 14.2. The zero-order chi connectivity index (χ0) is 38.5. The number of aryl methyl sites for hydroxylation is 2. The number of benzene rings is 3. The molecule has 3 atom stereocenters. The zero-order valence-corrected chi connectivity index (χ0v) is 32.9. The summed E-state index contributed by atoms with van der Waals surface area (Å²) in [6, 6.07) is 19.2. The quantitative estimate of drug-likeness (QED) is 0.160. The lowest BCUT2D eigenvalue weighted by molar-refractivity contribution is -0.127. The number of amides is 3. The normalized spacial score (nSPS) is 18.0. The van der Waals surface area contributed by atoms with Crippen molar-refractivity contribution >= 4 is 29.0 Å². The summed E-state index contributed by atoms with van der Waals surface area (Å²) < 4.78 is 13.2. The Labute approximate surface area is 313 Å². The predicted molar refractivity (Wildman–Crippen MR) is 209 cm³/mol. The Morgan fingerprint density at radius 3 is 2.40 bits per heavy atom. The second kappa shape index (κ2) is 14.0. The zero-order valence-electron chi connectivity index (χ0n) is 32.9. The first-order valence-corrected chi connectivity index (χ1v) is 18.6. The molecule has 1 spiro atoms. The molecule has 3 amide bonds. The fraction of sp³-hybridized carbons (Fsp3) is 0.452. The summed E-state index contributed by atoms with van der Waals surface area (Å²) in [5.74, 6) is 1.44. The molecule has 2 N–H and O–H groups in total. The van der Waals surface area contributed by atoms with E-state index in [1.807, 2.05) is 70.2 Å². The van der Waals surface area contributed by atoms with Crippen LogP contribution >= 0.6 is 0 Å². The first kappa shape index (κ1) is 37.6. The van der Waals surface area contributed by atoms with Crippen LogP contribution in [-0.2, 0) is 21.3 Å². The van der Waals surface area contributed by atoms with E-state index in [1.165, 1.54) is 10.4 Å². The first-order chi connectivity index (χ1) is 25.0. The topological polar surface area (TPSA) is 123 Å². The van der Waals surface area contributed by atoms with Crippen LogP contribution in [0.5, 0.6) is 11.5 Å². The van der Waals surface area contributed by atoms with E-state index in [0.717, 1.165) is 35.3 Å². The number of carbonyl (C=O) groups excluding carboxylic acids is 2. The molecule has 0 bridgehead atoms. The maximum Gasteiger partial charge on any atom is 0.330 e. The van der Waals surface area contributed by atoms with Gasteiger partial charge in [0.2, 0.25) is 5.82 Å². The van der Waals surface area contributed by atoms with Crippen LogP contribution in [0.3, 0.4) is 0 Å². The van der Waals surface area contributed by atoms with Gasteiger partial charge in [-0.2, -0.15) is 5.10 Å². The van der Waals surface area contributed by atoms with E-state index in [1.54, 1.807) is 17.9 Å². The van der Waals surface area contributed by atoms with Gasteiger partial charge in [-0.25, -0.2) is 14.7 Å². The lowest BCUT2D eigenvalue weighted by Crippen LogP contribution is -2.57. The van der Waals surface area contributed by atoms with Crippen molar-refractivity contribution in [2.75, 3.05) is 16.8 Å². The molecule has 53 heavy (non-hydrogen) atoms. The minimum absolute atomic E-state index is 0.0262. The number of aromatic nitrogens is 3. The molecule has 3 heterocycles. The van der Waals surface area contributed by atoms with E-state index in [2.05, 4.69) is 64.3 Å². The minimum Gasteiger partial charge on any atom is -0.481 e. The number of ether oxygens (including phenoxy) is 2. The van der Waals surface area contributed by atoms with Crippen LogP contribution < -0.4 is 25.0 Å². The van der Waals surface area contributed by atoms with Crippen molar-refractivity contribution in [3.8, 4) is 11.5 Å². The van der Waals surface area contributed by atoms with Gasteiger partial charge in [-0.15, -0.1) is 9.89 Å². The SMILES string of the molecule is CCC(C)(C)c1ccc(OC(C)C(=O)NCC(C)c2nc3n(n2)N=C(C)C32Oc3ccccc3NC(=O)N2c2ccc(C)cc2C)c(C(C)(C)CC)c1. The highest BCUT2D eigenvalue weighted by molar-refractivity contribution is 6.11. The first-order valence-electron chi connectivity index (χ1n) is 18.6. The van der Waals surface area contributed by atoms with E-state index in [0.29, 0.717) is 34.5 Å². The van der Waals surface area contributed by atoms with Crippen molar-refractivity contribution in [2.24, 2.45) is 5.10 Å². The third kappa shape index (κ3) is 6.77. The van der Waals surface area contributed by atoms with Crippen molar-refractivity contribution in [3.05, 3.63) is 94.6 Å². The average Bonchev–Trinajstić information content (AvgIpc) is 3.61. The monoisotopic (exact) mass is 719 g/mol. The fourth-order valence-corrected chi connectivity index (χ4v) is 6.79. The molecule has 0 saturated heterocycles. The van der Waals surface area contributed by atoms with Crippen molar-refractivity contribution in [1.82, 2.24) is 20.2 Å². The van der Waals surface area contributed by atoms with Gasteiger partial charge in [0.15, 0.2) is 11.9 Å². The molecule has 6 rings (SSSR count). The number of anilines is 2. The van der Waals surface area contributed by atoms with Gasteiger partial charge in [0, 0.05) is 18.0 Å². The number of fused-ring (bicyclic) bond motifs is 3. The number of nitrogens with one attached hydrogen (secondary N) is 2. The molecule has 3 unspecified atom stereocenters. The maximum absolute atomic E-state index is 14.2. The Bertz CT molecular complexity index is 2080. The number of hydrogen-bond donors (Lipinski definition) is 2. The molecular weight excluding hydrogens is 667 g/mol. The van der Waals surface area contributed by atoms with E-state index < -0.39 is 17.9 Å². The van der Waals surface area contributed by atoms with Crippen LogP contribution in [0.25, 0.3) is 0 Å². The van der Waals surface area contributed by atoms with Crippen LogP contribution in [0.15, 0.2) is 65.8 Å². The summed E-state index contributed by atoms with van der Waals surface area (Å²) >= 11 is 0. The second-order valence-corrected chi connectivity index (χ2v) is 15.8. The van der Waals surface area contributed by atoms with Gasteiger partial charge in [0.25, 0.3) is 11.6 Å². The van der Waals surface area contributed by atoms with Gasteiger partial charge >= 0.3 is 6.03 Å². The lowest BCUT2D eigenvalue weighted by Gasteiger charge is -2.38. The largest absolute Gasteiger partial charge is 0.481 e. The Hall–Kier alpha value is -5.19. The van der Waals surface area contributed by atoms with E-state index >= 15 is 0 Å². The summed E-state index contributed by atoms with van der Waals surface area (Å²) in [6.45, 7) is 23.0. The van der Waals surface area contributed by atoms with Crippen molar-refractivity contribution in [2.45, 2.75) is 118 Å². The summed E-state index contributed by atoms with van der Waals surface area (Å²) in [7, 11) is 0. The highest BCUT2D eigenvalue weighted by Crippen LogP contribution is 2.45. The molecule has 11 heteroatoms. The van der Waals surface area contributed by atoms with Gasteiger partial charge in [0.1, 0.15) is 17.2 Å². The molecule has 3 aromatic carbocycles. The molecule has 0 aliphatic carbocycles. The summed E-state index contributed by atoms with van der Waals surface area (Å²) in [6.07, 6.45) is 1.20. The van der Waals surface area contributed by atoms with Gasteiger partial charge in [-0.3, -0.25) is 4.79 Å². The molecule has 1 aromatic heterocycles. The highest BCUT2D eigenvalue weighted by atomic mass is 16.5. The average molecular weight is 720 g/mol. The summed E-state index contributed by atoms with van der Waals surface area (Å²) in [5.41, 5.74) is 4.35. The Kier molecular flexibility index (Phi) is 9.91. The van der Waals surface area contributed by atoms with E-state index in [-0.39, 0.29) is 29.2 Å². The molecule has 280 valence electrons. The van der Waals surface area contributed by atoms with Crippen LogP contribution in [-0.4, -0.2) is 45.2 Å². The molecule has 0 saturated carbocycles. The molecule has 0 fully saturated rings. The molecule has 0 radical (unpaired) electrons.